The van der Waals surface area contributed by atoms with Crippen LogP contribution in [0.1, 0.15) is 15.6 Å². The van der Waals surface area contributed by atoms with Crippen molar-refractivity contribution < 1.29 is 0 Å². The molecule has 1 fully saturated rings. The number of hydrogen-bond acceptors (Lipinski definition) is 5. The molecule has 1 atom stereocenters. The number of hydrogen-bond donors (Lipinski definition) is 1. The maximum Gasteiger partial charge on any atom is 0.0900 e. The standard InChI is InChI=1S/C12H22N4S/c1-9-12(17-10(2)14-9)8-16-5-4-15(3)7-11(16)6-13/h11H,4-8,13H2,1-3H3. The summed E-state index contributed by atoms with van der Waals surface area (Å²) in [7, 11) is 2.17. The minimum atomic E-state index is 0.482. The van der Waals surface area contributed by atoms with Gasteiger partial charge in [-0.15, -0.1) is 11.3 Å². The number of thiazole rings is 1. The van der Waals surface area contributed by atoms with Crippen molar-refractivity contribution in [2.75, 3.05) is 33.2 Å². The van der Waals surface area contributed by atoms with Crippen LogP contribution in [-0.2, 0) is 6.54 Å². The van der Waals surface area contributed by atoms with Gasteiger partial charge in [0.2, 0.25) is 0 Å². The maximum absolute atomic E-state index is 5.87. The fourth-order valence-electron chi connectivity index (χ4n) is 2.38. The summed E-state index contributed by atoms with van der Waals surface area (Å²) in [5.74, 6) is 0. The van der Waals surface area contributed by atoms with Gasteiger partial charge in [0, 0.05) is 43.6 Å². The summed E-state index contributed by atoms with van der Waals surface area (Å²) in [6.45, 7) is 9.24. The van der Waals surface area contributed by atoms with Crippen LogP contribution in [-0.4, -0.2) is 54.1 Å². The van der Waals surface area contributed by atoms with Gasteiger partial charge in [-0.1, -0.05) is 0 Å². The lowest BCUT2D eigenvalue weighted by Crippen LogP contribution is -2.54. The first-order valence-corrected chi connectivity index (χ1v) is 6.97. The Hall–Kier alpha value is -0.490. The molecule has 1 aliphatic heterocycles. The van der Waals surface area contributed by atoms with Crippen molar-refractivity contribution in [3.8, 4) is 0 Å². The molecule has 5 heteroatoms. The van der Waals surface area contributed by atoms with Crippen molar-refractivity contribution in [3.63, 3.8) is 0 Å². The van der Waals surface area contributed by atoms with E-state index in [9.17, 15) is 0 Å². The SMILES string of the molecule is Cc1nc(C)c(CN2CCN(C)CC2CN)s1. The number of likely N-dealkylation sites (N-methyl/N-ethyl adjacent to an activating group) is 1. The van der Waals surface area contributed by atoms with Gasteiger partial charge >= 0.3 is 0 Å². The van der Waals surface area contributed by atoms with Gasteiger partial charge in [-0.05, 0) is 20.9 Å². The van der Waals surface area contributed by atoms with E-state index in [4.69, 9.17) is 5.73 Å². The fourth-order valence-corrected chi connectivity index (χ4v) is 3.35. The van der Waals surface area contributed by atoms with Crippen LogP contribution in [0.4, 0.5) is 0 Å². The van der Waals surface area contributed by atoms with Gasteiger partial charge in [-0.25, -0.2) is 4.98 Å². The van der Waals surface area contributed by atoms with Crippen LogP contribution in [0.25, 0.3) is 0 Å². The molecule has 2 heterocycles. The highest BCUT2D eigenvalue weighted by molar-refractivity contribution is 7.11. The Kier molecular flexibility index (Phi) is 4.14. The average molecular weight is 254 g/mol. The number of nitrogens with zero attached hydrogens (tertiary/aromatic N) is 3. The molecule has 1 aromatic rings. The highest BCUT2D eigenvalue weighted by atomic mass is 32.1. The van der Waals surface area contributed by atoms with Crippen LogP contribution >= 0.6 is 11.3 Å². The zero-order chi connectivity index (χ0) is 12.4. The lowest BCUT2D eigenvalue weighted by atomic mass is 10.1. The second-order valence-corrected chi connectivity index (χ2v) is 6.15. The van der Waals surface area contributed by atoms with Crippen LogP contribution in [0.5, 0.6) is 0 Å². The Balaban J connectivity index is 2.04. The summed E-state index contributed by atoms with van der Waals surface area (Å²) in [5, 5.41) is 1.16. The fraction of sp³-hybridized carbons (Fsp3) is 0.750. The molecule has 0 saturated carbocycles. The molecule has 0 radical (unpaired) electrons. The van der Waals surface area contributed by atoms with E-state index >= 15 is 0 Å². The minimum absolute atomic E-state index is 0.482. The Morgan fingerprint density at radius 1 is 1.41 bits per heavy atom. The van der Waals surface area contributed by atoms with E-state index in [1.54, 1.807) is 0 Å². The average Bonchev–Trinajstić information content (AvgIpc) is 2.60. The molecule has 1 saturated heterocycles. The van der Waals surface area contributed by atoms with Crippen molar-refractivity contribution in [1.82, 2.24) is 14.8 Å². The molecule has 0 aliphatic carbocycles. The van der Waals surface area contributed by atoms with Gasteiger partial charge in [0.1, 0.15) is 0 Å². The third-order valence-electron chi connectivity index (χ3n) is 3.43. The molecule has 1 unspecified atom stereocenters. The third kappa shape index (κ3) is 3.04. The molecule has 1 aromatic heterocycles. The highest BCUT2D eigenvalue weighted by Gasteiger charge is 2.24. The number of aromatic nitrogens is 1. The van der Waals surface area contributed by atoms with Gasteiger partial charge < -0.3 is 10.6 Å². The maximum atomic E-state index is 5.87. The number of rotatable bonds is 3. The van der Waals surface area contributed by atoms with Gasteiger partial charge in [-0.2, -0.15) is 0 Å². The normalized spacial score (nSPS) is 23.2. The quantitative estimate of drug-likeness (QED) is 0.868. The Labute approximate surface area is 107 Å². The summed E-state index contributed by atoms with van der Waals surface area (Å²) in [6, 6.07) is 0.482. The second kappa shape index (κ2) is 5.44. The van der Waals surface area contributed by atoms with Crippen LogP contribution in [0.2, 0.25) is 0 Å². The van der Waals surface area contributed by atoms with Gasteiger partial charge in [0.05, 0.1) is 10.7 Å². The predicted octanol–water partition coefficient (Wildman–Crippen LogP) is 0.835. The molecule has 0 amide bonds. The van der Waals surface area contributed by atoms with E-state index in [2.05, 4.69) is 35.7 Å². The lowest BCUT2D eigenvalue weighted by Gasteiger charge is -2.39. The van der Waals surface area contributed by atoms with E-state index < -0.39 is 0 Å². The summed E-state index contributed by atoms with van der Waals surface area (Å²) < 4.78 is 0. The predicted molar refractivity (Wildman–Crippen MR) is 72.3 cm³/mol. The molecule has 2 N–H and O–H groups in total. The monoisotopic (exact) mass is 254 g/mol. The molecular weight excluding hydrogens is 232 g/mol. The zero-order valence-corrected chi connectivity index (χ0v) is 11.8. The molecule has 0 bridgehead atoms. The summed E-state index contributed by atoms with van der Waals surface area (Å²) >= 11 is 1.81. The van der Waals surface area contributed by atoms with Crippen LogP contribution < -0.4 is 5.73 Å². The van der Waals surface area contributed by atoms with E-state index in [1.165, 1.54) is 10.6 Å². The van der Waals surface area contributed by atoms with Gasteiger partial charge in [0.15, 0.2) is 0 Å². The van der Waals surface area contributed by atoms with Gasteiger partial charge in [0.25, 0.3) is 0 Å². The first kappa shape index (κ1) is 13.0. The first-order valence-electron chi connectivity index (χ1n) is 6.15. The molecule has 96 valence electrons. The minimum Gasteiger partial charge on any atom is -0.329 e. The Morgan fingerprint density at radius 2 is 2.18 bits per heavy atom. The Morgan fingerprint density at radius 3 is 2.76 bits per heavy atom. The summed E-state index contributed by atoms with van der Waals surface area (Å²) in [4.78, 5) is 10.7. The van der Waals surface area contributed by atoms with E-state index in [0.29, 0.717) is 6.04 Å². The smallest absolute Gasteiger partial charge is 0.0900 e. The number of piperazine rings is 1. The van der Waals surface area contributed by atoms with E-state index in [0.717, 1.165) is 37.7 Å². The van der Waals surface area contributed by atoms with Crippen LogP contribution in [0, 0.1) is 13.8 Å². The van der Waals surface area contributed by atoms with Crippen LogP contribution in [0.15, 0.2) is 0 Å². The molecule has 17 heavy (non-hydrogen) atoms. The molecule has 1 aliphatic rings. The molecule has 2 rings (SSSR count). The topological polar surface area (TPSA) is 45.4 Å². The van der Waals surface area contributed by atoms with Crippen molar-refractivity contribution in [2.45, 2.75) is 26.4 Å². The number of aryl methyl sites for hydroxylation is 2. The summed E-state index contributed by atoms with van der Waals surface area (Å²) in [5.41, 5.74) is 7.05. The lowest BCUT2D eigenvalue weighted by molar-refractivity contribution is 0.0888. The largest absolute Gasteiger partial charge is 0.329 e. The van der Waals surface area contributed by atoms with Crippen molar-refractivity contribution in [3.05, 3.63) is 15.6 Å². The third-order valence-corrected chi connectivity index (χ3v) is 4.48. The zero-order valence-electron chi connectivity index (χ0n) is 10.9. The van der Waals surface area contributed by atoms with E-state index in [-0.39, 0.29) is 0 Å². The van der Waals surface area contributed by atoms with Crippen LogP contribution in [0.3, 0.4) is 0 Å². The molecule has 0 aromatic carbocycles. The number of nitrogens with two attached hydrogens (primary N) is 1. The van der Waals surface area contributed by atoms with E-state index in [1.807, 2.05) is 11.3 Å². The molecular formula is C12H22N4S. The van der Waals surface area contributed by atoms with Gasteiger partial charge in [-0.3, -0.25) is 4.90 Å². The first-order chi connectivity index (χ1) is 8.10. The Bertz CT molecular complexity index is 377. The summed E-state index contributed by atoms with van der Waals surface area (Å²) in [6.07, 6.45) is 0. The second-order valence-electron chi connectivity index (χ2n) is 4.86. The van der Waals surface area contributed by atoms with Crippen molar-refractivity contribution in [1.29, 1.82) is 0 Å². The highest BCUT2D eigenvalue weighted by Crippen LogP contribution is 2.21. The van der Waals surface area contributed by atoms with Crippen molar-refractivity contribution in [2.24, 2.45) is 5.73 Å². The molecule has 4 nitrogen and oxygen atoms in total. The molecule has 0 spiro atoms. The van der Waals surface area contributed by atoms with Crippen molar-refractivity contribution >= 4 is 11.3 Å².